The number of rotatable bonds is 3. The first-order chi connectivity index (χ1) is 8.15. The van der Waals surface area contributed by atoms with E-state index >= 15 is 0 Å². The van der Waals surface area contributed by atoms with Gasteiger partial charge < -0.3 is 28.5 Å². The van der Waals surface area contributed by atoms with E-state index in [9.17, 15) is 14.7 Å². The van der Waals surface area contributed by atoms with Crippen molar-refractivity contribution in [3.63, 3.8) is 0 Å². The Morgan fingerprint density at radius 1 is 1.24 bits per heavy atom. The highest BCUT2D eigenvalue weighted by molar-refractivity contribution is 5.95. The van der Waals surface area contributed by atoms with Crippen LogP contribution in [0.3, 0.4) is 0 Å². The molecule has 7 nitrogen and oxygen atoms in total. The van der Waals surface area contributed by atoms with Gasteiger partial charge in [0.25, 0.3) is 5.76 Å². The molecule has 92 valence electrons. The second kappa shape index (κ2) is 4.36. The van der Waals surface area contributed by atoms with Gasteiger partial charge in [-0.05, 0) is 6.92 Å². The van der Waals surface area contributed by atoms with E-state index in [-0.39, 0.29) is 37.1 Å². The van der Waals surface area contributed by atoms with Gasteiger partial charge in [-0.2, -0.15) is 0 Å². The largest absolute Gasteiger partial charge is 0.541 e. The molecule has 1 aromatic heterocycles. The van der Waals surface area contributed by atoms with Crippen LogP contribution in [0.2, 0.25) is 0 Å². The van der Waals surface area contributed by atoms with Gasteiger partial charge in [0.2, 0.25) is 11.5 Å². The molecule has 17 heavy (non-hydrogen) atoms. The number of carboxylic acid groups (broad SMARTS) is 1. The van der Waals surface area contributed by atoms with Gasteiger partial charge in [0.1, 0.15) is 19.2 Å². The second-order valence-electron chi connectivity index (χ2n) is 3.12. The van der Waals surface area contributed by atoms with Crippen LogP contribution >= 0.6 is 0 Å². The average molecular weight is 241 g/mol. The van der Waals surface area contributed by atoms with Crippen LogP contribution in [0.1, 0.15) is 28.0 Å². The van der Waals surface area contributed by atoms with Crippen molar-refractivity contribution >= 4 is 11.9 Å². The quantitative estimate of drug-likeness (QED) is 0.663. The fourth-order valence-corrected chi connectivity index (χ4v) is 1.42. The van der Waals surface area contributed by atoms with E-state index in [4.69, 9.17) is 18.6 Å². The normalized spacial score (nSPS) is 13.2. The SMILES string of the molecule is CCOC(=O)c1oc(C(=O)[O-])c2c1OCCO2. The second-order valence-corrected chi connectivity index (χ2v) is 3.12. The third kappa shape index (κ3) is 1.91. The minimum Gasteiger partial charge on any atom is -0.541 e. The Hall–Kier alpha value is -2.18. The molecule has 1 aromatic rings. The fourth-order valence-electron chi connectivity index (χ4n) is 1.42. The number of fused-ring (bicyclic) bond motifs is 1. The van der Waals surface area contributed by atoms with Gasteiger partial charge in [-0.25, -0.2) is 4.79 Å². The first-order valence-corrected chi connectivity index (χ1v) is 4.96. The Kier molecular flexibility index (Phi) is 2.90. The lowest BCUT2D eigenvalue weighted by Crippen LogP contribution is -2.23. The van der Waals surface area contributed by atoms with E-state index in [1.54, 1.807) is 6.92 Å². The van der Waals surface area contributed by atoms with Gasteiger partial charge in [0.05, 0.1) is 6.61 Å². The van der Waals surface area contributed by atoms with Crippen molar-refractivity contribution in [2.24, 2.45) is 0 Å². The molecular formula is C10H9O7-. The monoisotopic (exact) mass is 241 g/mol. The Bertz CT molecular complexity index is 459. The number of carbonyl (C=O) groups excluding carboxylic acids is 2. The van der Waals surface area contributed by atoms with E-state index in [1.165, 1.54) is 0 Å². The summed E-state index contributed by atoms with van der Waals surface area (Å²) in [7, 11) is 0. The molecular weight excluding hydrogens is 232 g/mol. The van der Waals surface area contributed by atoms with E-state index in [0.717, 1.165) is 0 Å². The molecule has 0 radical (unpaired) electrons. The molecule has 0 saturated heterocycles. The molecule has 7 heteroatoms. The summed E-state index contributed by atoms with van der Waals surface area (Å²) in [6.07, 6.45) is 0. The number of carboxylic acids is 1. The zero-order chi connectivity index (χ0) is 12.4. The maximum atomic E-state index is 11.5. The van der Waals surface area contributed by atoms with E-state index in [0.29, 0.717) is 0 Å². The summed E-state index contributed by atoms with van der Waals surface area (Å²) in [6, 6.07) is 0. The van der Waals surface area contributed by atoms with Crippen molar-refractivity contribution < 1.29 is 33.3 Å². The maximum absolute atomic E-state index is 11.5. The Morgan fingerprint density at radius 3 is 2.35 bits per heavy atom. The van der Waals surface area contributed by atoms with Crippen LogP contribution in [0.25, 0.3) is 0 Å². The third-order valence-corrected chi connectivity index (χ3v) is 2.05. The van der Waals surface area contributed by atoms with Crippen LogP contribution < -0.4 is 14.6 Å². The Balaban J connectivity index is 2.45. The molecule has 0 atom stereocenters. The molecule has 1 aliphatic heterocycles. The van der Waals surface area contributed by atoms with E-state index < -0.39 is 17.7 Å². The molecule has 0 saturated carbocycles. The lowest BCUT2D eigenvalue weighted by Gasteiger charge is -2.15. The highest BCUT2D eigenvalue weighted by Crippen LogP contribution is 2.40. The summed E-state index contributed by atoms with van der Waals surface area (Å²) < 4.78 is 19.8. The standard InChI is InChI=1S/C10H10O7/c1-2-14-10(13)8-6-5(15-3-4-16-6)7(17-8)9(11)12/h2-4H2,1H3,(H,11,12)/p-1. The van der Waals surface area contributed by atoms with Crippen LogP contribution in [0, 0.1) is 0 Å². The van der Waals surface area contributed by atoms with Crippen LogP contribution in [0.4, 0.5) is 0 Å². The van der Waals surface area contributed by atoms with Gasteiger partial charge in [-0.15, -0.1) is 0 Å². The van der Waals surface area contributed by atoms with Gasteiger partial charge >= 0.3 is 5.97 Å². The zero-order valence-electron chi connectivity index (χ0n) is 8.98. The molecule has 0 unspecified atom stereocenters. The molecule has 0 N–H and O–H groups in total. The molecule has 0 aromatic carbocycles. The number of ether oxygens (including phenoxy) is 3. The molecule has 0 aliphatic carbocycles. The smallest absolute Gasteiger partial charge is 0.378 e. The maximum Gasteiger partial charge on any atom is 0.378 e. The Labute approximate surface area is 95.9 Å². The van der Waals surface area contributed by atoms with E-state index in [2.05, 4.69) is 0 Å². The summed E-state index contributed by atoms with van der Waals surface area (Å²) in [5.74, 6) is -3.44. The van der Waals surface area contributed by atoms with Crippen molar-refractivity contribution in [3.8, 4) is 11.5 Å². The number of hydrogen-bond acceptors (Lipinski definition) is 7. The molecule has 0 amide bonds. The number of esters is 1. The predicted octanol–water partition coefficient (Wildman–Crippen LogP) is -0.409. The molecule has 2 rings (SSSR count). The molecule has 2 heterocycles. The van der Waals surface area contributed by atoms with Crippen molar-refractivity contribution in [1.82, 2.24) is 0 Å². The summed E-state index contributed by atoms with van der Waals surface area (Å²) in [6.45, 7) is 2.13. The topological polar surface area (TPSA) is 98.0 Å². The van der Waals surface area contributed by atoms with Gasteiger partial charge in [0.15, 0.2) is 5.76 Å². The van der Waals surface area contributed by atoms with Gasteiger partial charge in [0, 0.05) is 0 Å². The molecule has 1 aliphatic rings. The first-order valence-electron chi connectivity index (χ1n) is 4.96. The summed E-state index contributed by atoms with van der Waals surface area (Å²) in [5.41, 5.74) is 0. The predicted molar refractivity (Wildman–Crippen MR) is 50.0 cm³/mol. The Morgan fingerprint density at radius 2 is 1.82 bits per heavy atom. The van der Waals surface area contributed by atoms with E-state index in [1.807, 2.05) is 0 Å². The number of aromatic carboxylic acids is 1. The number of hydrogen-bond donors (Lipinski definition) is 0. The summed E-state index contributed by atoms with van der Waals surface area (Å²) >= 11 is 0. The minimum absolute atomic E-state index is 0.0473. The molecule has 0 fully saturated rings. The highest BCUT2D eigenvalue weighted by Gasteiger charge is 2.31. The minimum atomic E-state index is -1.58. The summed E-state index contributed by atoms with van der Waals surface area (Å²) in [5, 5.41) is 10.8. The highest BCUT2D eigenvalue weighted by atomic mass is 16.6. The molecule has 0 spiro atoms. The number of carbonyl (C=O) groups is 2. The lowest BCUT2D eigenvalue weighted by atomic mass is 10.3. The van der Waals surface area contributed by atoms with Crippen LogP contribution in [0.5, 0.6) is 11.5 Å². The molecule has 0 bridgehead atoms. The lowest BCUT2D eigenvalue weighted by molar-refractivity contribution is -0.257. The van der Waals surface area contributed by atoms with Crippen LogP contribution in [-0.2, 0) is 4.74 Å². The zero-order valence-corrected chi connectivity index (χ0v) is 8.98. The van der Waals surface area contributed by atoms with Crippen LogP contribution in [0.15, 0.2) is 4.42 Å². The van der Waals surface area contributed by atoms with Crippen molar-refractivity contribution in [3.05, 3.63) is 11.5 Å². The van der Waals surface area contributed by atoms with Crippen molar-refractivity contribution in [2.75, 3.05) is 19.8 Å². The van der Waals surface area contributed by atoms with Gasteiger partial charge in [-0.1, -0.05) is 0 Å². The van der Waals surface area contributed by atoms with Crippen molar-refractivity contribution in [2.45, 2.75) is 6.92 Å². The first kappa shape index (κ1) is 11.3. The van der Waals surface area contributed by atoms with Gasteiger partial charge in [-0.3, -0.25) is 0 Å². The fraction of sp³-hybridized carbons (Fsp3) is 0.400. The summed E-state index contributed by atoms with van der Waals surface area (Å²) in [4.78, 5) is 22.3. The average Bonchev–Trinajstić information content (AvgIpc) is 2.69. The number of furan rings is 1. The third-order valence-electron chi connectivity index (χ3n) is 2.05. The van der Waals surface area contributed by atoms with Crippen molar-refractivity contribution in [1.29, 1.82) is 0 Å². The van der Waals surface area contributed by atoms with Crippen LogP contribution in [-0.4, -0.2) is 31.8 Å².